The van der Waals surface area contributed by atoms with Gasteiger partial charge < -0.3 is 10.1 Å². The summed E-state index contributed by atoms with van der Waals surface area (Å²) in [5.41, 5.74) is -0.316. The molecule has 0 aliphatic rings. The number of Topliss-reactive ketones (excluding diaryl/α,β-unsaturated/α-hetero) is 1. The molecule has 1 rings (SSSR count). The van der Waals surface area contributed by atoms with Crippen LogP contribution in [0.15, 0.2) is 16.6 Å². The molecule has 0 unspecified atom stereocenters. The summed E-state index contributed by atoms with van der Waals surface area (Å²) in [5.74, 6) is -1.00. The molecule has 0 saturated heterocycles. The van der Waals surface area contributed by atoms with Crippen molar-refractivity contribution in [2.24, 2.45) is 0 Å². The Morgan fingerprint density at radius 2 is 2.10 bits per heavy atom. The van der Waals surface area contributed by atoms with Crippen molar-refractivity contribution in [3.63, 3.8) is 0 Å². The predicted molar refractivity (Wildman–Crippen MR) is 75.0 cm³/mol. The van der Waals surface area contributed by atoms with E-state index in [4.69, 9.17) is 4.74 Å². The zero-order valence-electron chi connectivity index (χ0n) is 10.9. The minimum atomic E-state index is -0.662. The van der Waals surface area contributed by atoms with Gasteiger partial charge in [-0.15, -0.1) is 0 Å². The molecule has 1 aromatic carbocycles. The standard InChI is InChI=1S/C12H13BrN2O5/c1-3-14-11(17)6-20-12-9(7(2)16)4-8(13)5-10(12)15(18)19/h4-5H,3,6H2,1-2H3,(H,14,17). The molecule has 1 amide bonds. The van der Waals surface area contributed by atoms with Crippen molar-refractivity contribution >= 4 is 33.3 Å². The van der Waals surface area contributed by atoms with E-state index in [0.717, 1.165) is 0 Å². The van der Waals surface area contributed by atoms with Crippen molar-refractivity contribution in [3.8, 4) is 5.75 Å². The molecule has 7 nitrogen and oxygen atoms in total. The molecule has 0 bridgehead atoms. The van der Waals surface area contributed by atoms with Crippen LogP contribution in [-0.4, -0.2) is 29.8 Å². The van der Waals surface area contributed by atoms with E-state index < -0.39 is 17.4 Å². The number of nitrogens with one attached hydrogen (secondary N) is 1. The normalized spacial score (nSPS) is 9.95. The first kappa shape index (κ1) is 16.1. The Morgan fingerprint density at radius 3 is 2.60 bits per heavy atom. The number of nitrogens with zero attached hydrogens (tertiary/aromatic N) is 1. The molecule has 1 N–H and O–H groups in total. The van der Waals surface area contributed by atoms with E-state index in [9.17, 15) is 19.7 Å². The Morgan fingerprint density at radius 1 is 1.45 bits per heavy atom. The number of carbonyl (C=O) groups excluding carboxylic acids is 2. The second kappa shape index (κ2) is 6.99. The second-order valence-corrected chi connectivity index (χ2v) is 4.77. The van der Waals surface area contributed by atoms with Gasteiger partial charge in [-0.05, 0) is 19.9 Å². The average molecular weight is 345 g/mol. The molecule has 8 heteroatoms. The number of nitro benzene ring substituents is 1. The highest BCUT2D eigenvalue weighted by Crippen LogP contribution is 2.34. The number of benzene rings is 1. The molecule has 0 aromatic heterocycles. The smallest absolute Gasteiger partial charge is 0.312 e. The lowest BCUT2D eigenvalue weighted by Gasteiger charge is -2.10. The average Bonchev–Trinajstić information content (AvgIpc) is 2.36. The fraction of sp³-hybridized carbons (Fsp3) is 0.333. The number of carbonyl (C=O) groups is 2. The number of ether oxygens (including phenoxy) is 1. The summed E-state index contributed by atoms with van der Waals surface area (Å²) < 4.78 is 5.55. The monoisotopic (exact) mass is 344 g/mol. The van der Waals surface area contributed by atoms with Gasteiger partial charge in [0.25, 0.3) is 5.91 Å². The molecular formula is C12H13BrN2O5. The molecule has 0 aliphatic heterocycles. The summed E-state index contributed by atoms with van der Waals surface area (Å²) in [6.07, 6.45) is 0. The third kappa shape index (κ3) is 4.02. The van der Waals surface area contributed by atoms with Crippen LogP contribution in [0.25, 0.3) is 0 Å². The predicted octanol–water partition coefficient (Wildman–Crippen LogP) is 2.07. The van der Waals surface area contributed by atoms with Crippen LogP contribution in [0.3, 0.4) is 0 Å². The molecule has 1 aromatic rings. The van der Waals surface area contributed by atoms with E-state index in [1.54, 1.807) is 6.92 Å². The van der Waals surface area contributed by atoms with Crippen LogP contribution >= 0.6 is 15.9 Å². The topological polar surface area (TPSA) is 98.5 Å². The van der Waals surface area contributed by atoms with Gasteiger partial charge in [-0.1, -0.05) is 15.9 Å². The lowest BCUT2D eigenvalue weighted by atomic mass is 10.1. The van der Waals surface area contributed by atoms with Crippen molar-refractivity contribution in [1.29, 1.82) is 0 Å². The largest absolute Gasteiger partial charge is 0.476 e. The molecular weight excluding hydrogens is 332 g/mol. The number of halogens is 1. The molecule has 20 heavy (non-hydrogen) atoms. The van der Waals surface area contributed by atoms with E-state index in [0.29, 0.717) is 11.0 Å². The zero-order chi connectivity index (χ0) is 15.3. The Labute approximate surface area is 123 Å². The van der Waals surface area contributed by atoms with Crippen LogP contribution in [0.2, 0.25) is 0 Å². The fourth-order valence-electron chi connectivity index (χ4n) is 1.51. The number of hydrogen-bond acceptors (Lipinski definition) is 5. The number of likely N-dealkylation sites (N-methyl/N-ethyl adjacent to an activating group) is 1. The quantitative estimate of drug-likeness (QED) is 0.483. The highest BCUT2D eigenvalue weighted by molar-refractivity contribution is 9.10. The summed E-state index contributed by atoms with van der Waals surface area (Å²) in [4.78, 5) is 33.2. The van der Waals surface area contributed by atoms with Gasteiger partial charge >= 0.3 is 5.69 Å². The van der Waals surface area contributed by atoms with E-state index in [2.05, 4.69) is 21.2 Å². The lowest BCUT2D eigenvalue weighted by Crippen LogP contribution is -2.28. The van der Waals surface area contributed by atoms with E-state index in [1.165, 1.54) is 19.1 Å². The Hall–Kier alpha value is -1.96. The third-order valence-corrected chi connectivity index (χ3v) is 2.79. The van der Waals surface area contributed by atoms with Crippen molar-refractivity contribution in [3.05, 3.63) is 32.3 Å². The Balaban J connectivity index is 3.16. The molecule has 0 aliphatic carbocycles. The van der Waals surface area contributed by atoms with Crippen LogP contribution in [-0.2, 0) is 4.79 Å². The minimum absolute atomic E-state index is 0.0513. The molecule has 0 saturated carbocycles. The molecule has 108 valence electrons. The van der Waals surface area contributed by atoms with Crippen LogP contribution in [0.4, 0.5) is 5.69 Å². The zero-order valence-corrected chi connectivity index (χ0v) is 12.5. The van der Waals surface area contributed by atoms with Crippen LogP contribution in [0.1, 0.15) is 24.2 Å². The number of ketones is 1. The maximum Gasteiger partial charge on any atom is 0.312 e. The summed E-state index contributed by atoms with van der Waals surface area (Å²) in [7, 11) is 0. The van der Waals surface area contributed by atoms with Gasteiger partial charge in [0.15, 0.2) is 12.4 Å². The van der Waals surface area contributed by atoms with Crippen molar-refractivity contribution in [1.82, 2.24) is 5.32 Å². The summed E-state index contributed by atoms with van der Waals surface area (Å²) in [5, 5.41) is 13.5. The van der Waals surface area contributed by atoms with Crippen molar-refractivity contribution < 1.29 is 19.2 Å². The van der Waals surface area contributed by atoms with Crippen LogP contribution in [0, 0.1) is 10.1 Å². The first-order chi connectivity index (χ1) is 9.36. The summed E-state index contributed by atoms with van der Waals surface area (Å²) >= 11 is 3.10. The highest BCUT2D eigenvalue weighted by atomic mass is 79.9. The molecule has 0 fully saturated rings. The van der Waals surface area contributed by atoms with Gasteiger partial charge in [0.2, 0.25) is 5.75 Å². The summed E-state index contributed by atoms with van der Waals surface area (Å²) in [6.45, 7) is 3.03. The first-order valence-electron chi connectivity index (χ1n) is 5.75. The van der Waals surface area contributed by atoms with Crippen molar-refractivity contribution in [2.75, 3.05) is 13.2 Å². The third-order valence-electron chi connectivity index (χ3n) is 2.33. The van der Waals surface area contributed by atoms with Gasteiger partial charge in [-0.2, -0.15) is 0 Å². The van der Waals surface area contributed by atoms with Crippen LogP contribution in [0.5, 0.6) is 5.75 Å². The SMILES string of the molecule is CCNC(=O)COc1c(C(C)=O)cc(Br)cc1[N+](=O)[O-]. The Bertz CT molecular complexity index is 524. The highest BCUT2D eigenvalue weighted by Gasteiger charge is 2.23. The molecule has 0 heterocycles. The van der Waals surface area contributed by atoms with Gasteiger partial charge in [0.1, 0.15) is 0 Å². The van der Waals surface area contributed by atoms with Crippen LogP contribution < -0.4 is 10.1 Å². The number of rotatable bonds is 6. The van der Waals surface area contributed by atoms with Gasteiger partial charge in [0.05, 0.1) is 10.5 Å². The van der Waals surface area contributed by atoms with Crippen molar-refractivity contribution in [2.45, 2.75) is 13.8 Å². The molecule has 0 atom stereocenters. The maximum absolute atomic E-state index is 11.5. The summed E-state index contributed by atoms with van der Waals surface area (Å²) in [6, 6.07) is 2.64. The van der Waals surface area contributed by atoms with Gasteiger partial charge in [-0.3, -0.25) is 19.7 Å². The van der Waals surface area contributed by atoms with E-state index >= 15 is 0 Å². The molecule has 0 radical (unpaired) electrons. The van der Waals surface area contributed by atoms with E-state index in [1.807, 2.05) is 0 Å². The minimum Gasteiger partial charge on any atom is -0.476 e. The van der Waals surface area contributed by atoms with Gasteiger partial charge in [0, 0.05) is 17.1 Å². The fourth-order valence-corrected chi connectivity index (χ4v) is 1.96. The maximum atomic E-state index is 11.5. The first-order valence-corrected chi connectivity index (χ1v) is 6.54. The number of hydrogen-bond donors (Lipinski definition) is 1. The lowest BCUT2D eigenvalue weighted by molar-refractivity contribution is -0.385. The molecule has 0 spiro atoms. The number of nitro groups is 1. The Kier molecular flexibility index (Phi) is 5.63. The number of amides is 1. The van der Waals surface area contributed by atoms with E-state index in [-0.39, 0.29) is 22.8 Å². The second-order valence-electron chi connectivity index (χ2n) is 3.86. The van der Waals surface area contributed by atoms with Gasteiger partial charge in [-0.25, -0.2) is 0 Å².